The minimum absolute atomic E-state index is 0.0256. The lowest BCUT2D eigenvalue weighted by Gasteiger charge is -2.08. The molecule has 12 nitrogen and oxygen atoms in total. The first-order chi connectivity index (χ1) is 16.7. The van der Waals surface area contributed by atoms with Gasteiger partial charge < -0.3 is 4.52 Å². The number of aromatic nitrogens is 1. The van der Waals surface area contributed by atoms with E-state index in [1.54, 1.807) is 6.07 Å². The average Bonchev–Trinajstić information content (AvgIpc) is 3.28. The van der Waals surface area contributed by atoms with E-state index in [1.807, 2.05) is 0 Å². The highest BCUT2D eigenvalue weighted by atomic mass is 32.2. The van der Waals surface area contributed by atoms with Crippen molar-refractivity contribution in [2.24, 2.45) is 0 Å². The minimum Gasteiger partial charge on any atom is -0.336 e. The molecule has 35 heavy (non-hydrogen) atoms. The van der Waals surface area contributed by atoms with E-state index in [1.165, 1.54) is 60.7 Å². The highest BCUT2D eigenvalue weighted by Gasteiger charge is 2.34. The maximum absolute atomic E-state index is 13.5. The lowest BCUT2D eigenvalue weighted by molar-refractivity contribution is -0.384. The fourth-order valence-electron chi connectivity index (χ4n) is 3.24. The van der Waals surface area contributed by atoms with Gasteiger partial charge in [-0.3, -0.25) is 30.3 Å². The number of carbonyl (C=O) groups excluding carboxylic acids is 1. The van der Waals surface area contributed by atoms with Crippen LogP contribution in [-0.2, 0) is 9.84 Å². The van der Waals surface area contributed by atoms with Gasteiger partial charge in [-0.1, -0.05) is 35.5 Å². The molecule has 0 unspecified atom stereocenters. The number of carbonyl (C=O) groups is 1. The monoisotopic (exact) mass is 494 g/mol. The zero-order valence-corrected chi connectivity index (χ0v) is 18.3. The Morgan fingerprint density at radius 2 is 1.49 bits per heavy atom. The first kappa shape index (κ1) is 23.3. The van der Waals surface area contributed by atoms with Crippen LogP contribution in [0.1, 0.15) is 10.4 Å². The molecule has 13 heteroatoms. The number of nitro benzene ring substituents is 2. The second-order valence-electron chi connectivity index (χ2n) is 7.04. The molecular formula is C22H14N4O8S. The third-order valence-corrected chi connectivity index (χ3v) is 6.70. The lowest BCUT2D eigenvalue weighted by atomic mass is 10.1. The number of anilines is 1. The predicted molar refractivity (Wildman–Crippen MR) is 122 cm³/mol. The number of hydrogen-bond acceptors (Lipinski definition) is 9. The number of rotatable bonds is 7. The Balaban J connectivity index is 1.85. The first-order valence-electron chi connectivity index (χ1n) is 9.79. The molecule has 0 radical (unpaired) electrons. The van der Waals surface area contributed by atoms with Crippen molar-refractivity contribution in [3.05, 3.63) is 105 Å². The normalized spacial score (nSPS) is 11.1. The molecule has 176 valence electrons. The summed E-state index contributed by atoms with van der Waals surface area (Å²) in [6.45, 7) is 0. The fourth-order valence-corrected chi connectivity index (χ4v) is 4.73. The molecule has 1 amide bonds. The Kier molecular flexibility index (Phi) is 6.08. The van der Waals surface area contributed by atoms with E-state index in [0.717, 1.165) is 12.1 Å². The van der Waals surface area contributed by atoms with Crippen molar-refractivity contribution < 1.29 is 27.6 Å². The maximum Gasteiger partial charge on any atom is 0.278 e. The first-order valence-corrected chi connectivity index (χ1v) is 11.3. The Labute approximate surface area is 197 Å². The molecule has 0 aliphatic rings. The minimum atomic E-state index is -4.38. The Bertz CT molecular complexity index is 1550. The number of nitro groups is 2. The largest absolute Gasteiger partial charge is 0.336 e. The van der Waals surface area contributed by atoms with Gasteiger partial charge in [-0.2, -0.15) is 0 Å². The van der Waals surface area contributed by atoms with E-state index in [4.69, 9.17) is 4.52 Å². The second-order valence-corrected chi connectivity index (χ2v) is 8.92. The van der Waals surface area contributed by atoms with E-state index in [9.17, 15) is 33.4 Å². The molecule has 4 aromatic rings. The number of amides is 1. The molecule has 0 fully saturated rings. The molecular weight excluding hydrogens is 480 g/mol. The summed E-state index contributed by atoms with van der Waals surface area (Å²) in [5, 5.41) is 28.4. The Morgan fingerprint density at radius 3 is 2.11 bits per heavy atom. The third kappa shape index (κ3) is 4.47. The van der Waals surface area contributed by atoms with Crippen LogP contribution in [0.2, 0.25) is 0 Å². The molecule has 0 saturated heterocycles. The summed E-state index contributed by atoms with van der Waals surface area (Å²) < 4.78 is 32.2. The van der Waals surface area contributed by atoms with Crippen molar-refractivity contribution in [3.63, 3.8) is 0 Å². The van der Waals surface area contributed by atoms with Gasteiger partial charge in [0.2, 0.25) is 9.84 Å². The molecule has 0 atom stereocenters. The van der Waals surface area contributed by atoms with Gasteiger partial charge in [0.15, 0.2) is 4.90 Å². The molecule has 0 aliphatic heterocycles. The summed E-state index contributed by atoms with van der Waals surface area (Å²) in [5.74, 6) is -1.40. The number of sulfone groups is 1. The second kappa shape index (κ2) is 9.15. The van der Waals surface area contributed by atoms with Gasteiger partial charge in [0.05, 0.1) is 20.3 Å². The Morgan fingerprint density at radius 1 is 0.857 bits per heavy atom. The van der Waals surface area contributed by atoms with Crippen LogP contribution >= 0.6 is 0 Å². The summed E-state index contributed by atoms with van der Waals surface area (Å²) in [7, 11) is -4.38. The molecule has 0 saturated carbocycles. The van der Waals surface area contributed by atoms with Gasteiger partial charge in [-0.25, -0.2) is 8.42 Å². The van der Waals surface area contributed by atoms with Crippen LogP contribution in [0.4, 0.5) is 17.3 Å². The number of para-hydroxylation sites is 1. The van der Waals surface area contributed by atoms with Gasteiger partial charge in [-0.05, 0) is 30.3 Å². The molecule has 1 heterocycles. The van der Waals surface area contributed by atoms with Gasteiger partial charge in [0.25, 0.3) is 23.2 Å². The Hall–Kier alpha value is -4.91. The molecule has 0 aliphatic carbocycles. The summed E-state index contributed by atoms with van der Waals surface area (Å²) in [4.78, 5) is 33.1. The van der Waals surface area contributed by atoms with E-state index in [2.05, 4.69) is 10.5 Å². The van der Waals surface area contributed by atoms with Crippen LogP contribution in [0.5, 0.6) is 0 Å². The van der Waals surface area contributed by atoms with Crippen molar-refractivity contribution in [2.75, 3.05) is 5.32 Å². The van der Waals surface area contributed by atoms with Gasteiger partial charge >= 0.3 is 0 Å². The average molecular weight is 494 g/mol. The van der Waals surface area contributed by atoms with Crippen molar-refractivity contribution in [1.82, 2.24) is 5.16 Å². The zero-order chi connectivity index (χ0) is 25.2. The van der Waals surface area contributed by atoms with Gasteiger partial charge in [-0.15, -0.1) is 0 Å². The summed E-state index contributed by atoms with van der Waals surface area (Å²) >= 11 is 0. The molecule has 0 bridgehead atoms. The molecule has 1 aromatic heterocycles. The smallest absolute Gasteiger partial charge is 0.278 e. The van der Waals surface area contributed by atoms with Crippen LogP contribution in [0, 0.1) is 20.2 Å². The highest BCUT2D eigenvalue weighted by molar-refractivity contribution is 7.91. The van der Waals surface area contributed by atoms with E-state index in [-0.39, 0.29) is 27.4 Å². The summed E-state index contributed by atoms with van der Waals surface area (Å²) in [6.07, 6.45) is 0. The van der Waals surface area contributed by atoms with Crippen molar-refractivity contribution in [2.45, 2.75) is 9.79 Å². The van der Waals surface area contributed by atoms with Crippen molar-refractivity contribution in [3.8, 4) is 11.3 Å². The van der Waals surface area contributed by atoms with Crippen LogP contribution in [0.15, 0.2) is 93.2 Å². The topological polar surface area (TPSA) is 176 Å². The van der Waals surface area contributed by atoms with Crippen LogP contribution in [0.3, 0.4) is 0 Å². The predicted octanol–water partition coefficient (Wildman–Crippen LogP) is 4.24. The molecule has 0 spiro atoms. The zero-order valence-electron chi connectivity index (χ0n) is 17.5. The van der Waals surface area contributed by atoms with Crippen LogP contribution < -0.4 is 5.32 Å². The van der Waals surface area contributed by atoms with E-state index in [0.29, 0.717) is 0 Å². The number of nitrogens with one attached hydrogen (secondary N) is 1. The number of non-ortho nitro benzene ring substituents is 1. The lowest BCUT2D eigenvalue weighted by Crippen LogP contribution is -2.14. The molecule has 4 rings (SSSR count). The molecule has 1 N–H and O–H groups in total. The molecule has 3 aromatic carbocycles. The number of nitrogens with zero attached hydrogens (tertiary/aromatic N) is 3. The highest BCUT2D eigenvalue weighted by Crippen LogP contribution is 2.40. The third-order valence-electron chi connectivity index (χ3n) is 4.89. The standard InChI is InChI=1S/C22H14N4O8S/c27-21(14-10-12-15(13-11-14)25(28)29)23-22-20(35(32,33)16-6-2-1-3-7-16)19(24-34-22)17-8-4-5-9-18(17)26(30)31/h1-13H,(H,23,27). The quantitative estimate of drug-likeness (QED) is 0.291. The van der Waals surface area contributed by atoms with Crippen LogP contribution in [0.25, 0.3) is 11.3 Å². The number of hydrogen-bond donors (Lipinski definition) is 1. The van der Waals surface area contributed by atoms with Crippen molar-refractivity contribution >= 4 is 33.0 Å². The number of benzene rings is 3. The van der Waals surface area contributed by atoms with Crippen molar-refractivity contribution in [1.29, 1.82) is 0 Å². The van der Waals surface area contributed by atoms with Gasteiger partial charge in [0.1, 0.15) is 5.69 Å². The summed E-state index contributed by atoms with van der Waals surface area (Å²) in [6, 6.07) is 17.1. The fraction of sp³-hybridized carbons (Fsp3) is 0. The van der Waals surface area contributed by atoms with Gasteiger partial charge in [0, 0.05) is 23.8 Å². The maximum atomic E-state index is 13.5. The van der Waals surface area contributed by atoms with E-state index >= 15 is 0 Å². The SMILES string of the molecule is O=C(Nc1onc(-c2ccccc2[N+](=O)[O-])c1S(=O)(=O)c1ccccc1)c1ccc([N+](=O)[O-])cc1. The van der Waals surface area contributed by atoms with Crippen LogP contribution in [-0.4, -0.2) is 29.3 Å². The van der Waals surface area contributed by atoms with E-state index < -0.39 is 42.1 Å². The summed E-state index contributed by atoms with van der Waals surface area (Å²) in [5.41, 5.74) is -1.18.